The number of carbonyl (C=O) groups is 2. The third-order valence-electron chi connectivity index (χ3n) is 8.00. The lowest BCUT2D eigenvalue weighted by atomic mass is 9.91. The Balaban J connectivity index is 0.00000127. The molecule has 1 aliphatic rings. The molecule has 1 unspecified atom stereocenters. The van der Waals surface area contributed by atoms with Gasteiger partial charge in [-0.2, -0.15) is 0 Å². The van der Waals surface area contributed by atoms with Crippen molar-refractivity contribution in [1.29, 1.82) is 0 Å². The van der Waals surface area contributed by atoms with Crippen LogP contribution >= 0.6 is 0 Å². The molecule has 2 N–H and O–H groups in total. The Morgan fingerprint density at radius 2 is 1.73 bits per heavy atom. The van der Waals surface area contributed by atoms with Crippen LogP contribution in [0.5, 0.6) is 0 Å². The average molecular weight is 684 g/mol. The number of carbonyl (C=O) groups excluding carboxylic acids is 2. The van der Waals surface area contributed by atoms with E-state index in [4.69, 9.17) is 6.42 Å². The molecule has 0 aliphatic heterocycles. The van der Waals surface area contributed by atoms with Crippen LogP contribution in [0.15, 0.2) is 65.9 Å². The molecule has 2 amide bonds. The number of nitrogens with zero attached hydrogens (tertiary/aromatic N) is 1. The number of terminal acetylenes is 1. The van der Waals surface area contributed by atoms with Crippen LogP contribution in [-0.4, -0.2) is 50.4 Å². The molecule has 48 heavy (non-hydrogen) atoms. The van der Waals surface area contributed by atoms with Gasteiger partial charge >= 0.3 is 0 Å². The van der Waals surface area contributed by atoms with Crippen LogP contribution in [-0.2, 0) is 19.6 Å². The van der Waals surface area contributed by atoms with E-state index < -0.39 is 27.8 Å². The van der Waals surface area contributed by atoms with Crippen molar-refractivity contribution >= 4 is 21.8 Å². The topological polar surface area (TPSA) is 95.6 Å². The summed E-state index contributed by atoms with van der Waals surface area (Å²) in [6.45, 7) is 15.0. The number of aryl methyl sites for hydroxylation is 1. The van der Waals surface area contributed by atoms with E-state index in [1.165, 1.54) is 62.0 Å². The number of hydrogen-bond acceptors (Lipinski definition) is 4. The highest BCUT2D eigenvalue weighted by Crippen LogP contribution is 2.22. The van der Waals surface area contributed by atoms with E-state index in [1.54, 1.807) is 0 Å². The fraction of sp³-hybridized carbons (Fsp3) is 0.600. The van der Waals surface area contributed by atoms with Crippen molar-refractivity contribution in [3.8, 4) is 12.3 Å². The number of nitrogens with one attached hydrogen (secondary N) is 2. The molecule has 2 rings (SSSR count). The van der Waals surface area contributed by atoms with Gasteiger partial charge < -0.3 is 10.6 Å². The molecule has 1 aromatic carbocycles. The van der Waals surface area contributed by atoms with Gasteiger partial charge in [0.05, 0.1) is 11.7 Å². The zero-order valence-corrected chi connectivity index (χ0v) is 32.0. The molecule has 0 saturated heterocycles. The molecule has 1 aliphatic carbocycles. The zero-order valence-electron chi connectivity index (χ0n) is 31.2. The number of hydrogen-bond donors (Lipinski definition) is 2. The second kappa shape index (κ2) is 26.8. The van der Waals surface area contributed by atoms with Crippen molar-refractivity contribution in [3.63, 3.8) is 0 Å². The molecule has 1 saturated carbocycles. The maximum absolute atomic E-state index is 12.8. The maximum atomic E-state index is 12.8. The first kappa shape index (κ1) is 44.9. The quantitative estimate of drug-likeness (QED) is 0.0793. The van der Waals surface area contributed by atoms with Gasteiger partial charge in [-0.3, -0.25) is 9.59 Å². The standard InChI is InChI=1S/C26H43N3O4S.C7H14.C7H8/c1-8-13-23(14-9-2)17-19-29(7)34(32,33)20-22(6)25(30)28-24(15-10-3)26(31)27-18-12-11-16-21(4)5;2*1-7-5-3-2-4-6-7/h3,8,13-15,21-22H,9,11-12,16-20H2,1-2,4-7H3,(H,27,31)(H,28,30);7H,2-6H2,1H3;2-6H,1H3/b13-8-,23-14+,24-15+;;. The summed E-state index contributed by atoms with van der Waals surface area (Å²) in [5, 5.41) is 5.23. The molecule has 270 valence electrons. The number of benzene rings is 1. The van der Waals surface area contributed by atoms with E-state index in [0.29, 0.717) is 25.4 Å². The summed E-state index contributed by atoms with van der Waals surface area (Å²) in [6, 6.07) is 10.3. The van der Waals surface area contributed by atoms with E-state index >= 15 is 0 Å². The highest BCUT2D eigenvalue weighted by molar-refractivity contribution is 7.89. The number of sulfonamides is 1. The van der Waals surface area contributed by atoms with Crippen LogP contribution in [0.3, 0.4) is 0 Å². The Hall–Kier alpha value is -3.15. The van der Waals surface area contributed by atoms with Gasteiger partial charge in [0.1, 0.15) is 5.70 Å². The third-order valence-corrected chi connectivity index (χ3v) is 10.1. The molecular formula is C40H65N3O4S. The van der Waals surface area contributed by atoms with E-state index in [1.807, 2.05) is 44.2 Å². The van der Waals surface area contributed by atoms with Gasteiger partial charge in [-0.1, -0.05) is 145 Å². The van der Waals surface area contributed by atoms with Crippen molar-refractivity contribution in [3.05, 3.63) is 71.5 Å². The molecule has 0 spiro atoms. The number of allylic oxidation sites excluding steroid dienone is 4. The lowest BCUT2D eigenvalue weighted by Crippen LogP contribution is -2.41. The lowest BCUT2D eigenvalue weighted by molar-refractivity contribution is -0.125. The predicted molar refractivity (Wildman–Crippen MR) is 204 cm³/mol. The SMILES string of the molecule is C#C/C=C(/NC(=O)C(C)CS(=O)(=O)N(C)CCC(/C=C\C)=C/CC)C(=O)NCCCCC(C)C.CC1CCCCC1.Cc1ccccc1. The van der Waals surface area contributed by atoms with E-state index in [0.717, 1.165) is 37.2 Å². The second-order valence-electron chi connectivity index (χ2n) is 13.2. The van der Waals surface area contributed by atoms with Gasteiger partial charge in [-0.15, -0.1) is 6.42 Å². The minimum absolute atomic E-state index is 0.0605. The summed E-state index contributed by atoms with van der Waals surface area (Å²) in [6.07, 6.45) is 24.2. The van der Waals surface area contributed by atoms with Crippen molar-refractivity contribution in [2.45, 2.75) is 113 Å². The van der Waals surface area contributed by atoms with Crippen LogP contribution in [0, 0.1) is 37.0 Å². The minimum atomic E-state index is -3.67. The van der Waals surface area contributed by atoms with Crippen LogP contribution in [0.2, 0.25) is 0 Å². The normalized spacial score (nSPS) is 14.8. The van der Waals surface area contributed by atoms with Crippen LogP contribution in [0.1, 0.15) is 111 Å². The summed E-state index contributed by atoms with van der Waals surface area (Å²) in [5.41, 5.74) is 2.33. The second-order valence-corrected chi connectivity index (χ2v) is 15.3. The van der Waals surface area contributed by atoms with Gasteiger partial charge in [0.25, 0.3) is 5.91 Å². The zero-order chi connectivity index (χ0) is 36.4. The fourth-order valence-electron chi connectivity index (χ4n) is 4.99. The molecule has 0 bridgehead atoms. The Bertz CT molecular complexity index is 1270. The summed E-state index contributed by atoms with van der Waals surface area (Å²) < 4.78 is 26.8. The van der Waals surface area contributed by atoms with Gasteiger partial charge in [0, 0.05) is 26.2 Å². The van der Waals surface area contributed by atoms with Crippen molar-refractivity contribution < 1.29 is 18.0 Å². The molecule has 1 aromatic rings. The van der Waals surface area contributed by atoms with Crippen LogP contribution in [0.25, 0.3) is 0 Å². The molecule has 0 radical (unpaired) electrons. The van der Waals surface area contributed by atoms with E-state index in [-0.39, 0.29) is 11.4 Å². The third kappa shape index (κ3) is 22.4. The van der Waals surface area contributed by atoms with E-state index in [9.17, 15) is 18.0 Å². The first-order valence-corrected chi connectivity index (χ1v) is 19.4. The molecule has 8 heteroatoms. The molecular weight excluding hydrogens is 619 g/mol. The fourth-order valence-corrected chi connectivity index (χ4v) is 6.39. The van der Waals surface area contributed by atoms with Gasteiger partial charge in [0.15, 0.2) is 0 Å². The number of amides is 2. The minimum Gasteiger partial charge on any atom is -0.351 e. The van der Waals surface area contributed by atoms with Crippen molar-refractivity contribution in [2.24, 2.45) is 17.8 Å². The average Bonchev–Trinajstić information content (AvgIpc) is 3.04. The lowest BCUT2D eigenvalue weighted by Gasteiger charge is -2.20. The molecule has 1 fully saturated rings. The monoisotopic (exact) mass is 683 g/mol. The van der Waals surface area contributed by atoms with E-state index in [2.05, 4.69) is 62.5 Å². The maximum Gasteiger partial charge on any atom is 0.268 e. The first-order valence-electron chi connectivity index (χ1n) is 17.8. The molecule has 0 aromatic heterocycles. The Morgan fingerprint density at radius 1 is 1.08 bits per heavy atom. The Labute approximate surface area is 294 Å². The number of unbranched alkanes of at least 4 members (excludes halogenated alkanes) is 1. The van der Waals surface area contributed by atoms with Gasteiger partial charge in [-0.25, -0.2) is 12.7 Å². The molecule has 1 atom stereocenters. The summed E-state index contributed by atoms with van der Waals surface area (Å²) in [5.74, 6) is 1.59. The van der Waals surface area contributed by atoms with Crippen LogP contribution < -0.4 is 10.6 Å². The Kier molecular flexibility index (Phi) is 25.0. The van der Waals surface area contributed by atoms with Crippen molar-refractivity contribution in [2.75, 3.05) is 25.9 Å². The molecule has 7 nitrogen and oxygen atoms in total. The first-order chi connectivity index (χ1) is 22.8. The van der Waals surface area contributed by atoms with Crippen molar-refractivity contribution in [1.82, 2.24) is 14.9 Å². The smallest absolute Gasteiger partial charge is 0.268 e. The van der Waals surface area contributed by atoms with Gasteiger partial charge in [0.2, 0.25) is 15.9 Å². The summed E-state index contributed by atoms with van der Waals surface area (Å²) in [4.78, 5) is 25.0. The Morgan fingerprint density at radius 3 is 2.21 bits per heavy atom. The van der Waals surface area contributed by atoms with Gasteiger partial charge in [-0.05, 0) is 44.9 Å². The van der Waals surface area contributed by atoms with Crippen LogP contribution in [0.4, 0.5) is 0 Å². The predicted octanol–water partition coefficient (Wildman–Crippen LogP) is 8.34. The highest BCUT2D eigenvalue weighted by Gasteiger charge is 2.26. The largest absolute Gasteiger partial charge is 0.351 e. The highest BCUT2D eigenvalue weighted by atomic mass is 32.2. The molecule has 0 heterocycles. The number of rotatable bonds is 16. The summed E-state index contributed by atoms with van der Waals surface area (Å²) in [7, 11) is -2.16. The summed E-state index contributed by atoms with van der Waals surface area (Å²) >= 11 is 0.